The lowest BCUT2D eigenvalue weighted by molar-refractivity contribution is 0.188. The fourth-order valence-corrected chi connectivity index (χ4v) is 2.00. The van der Waals surface area contributed by atoms with Crippen LogP contribution in [0.4, 0.5) is 0 Å². The molecule has 71 valence electrons. The molecule has 0 aromatic carbocycles. The van der Waals surface area contributed by atoms with Gasteiger partial charge in [0.05, 0.1) is 0 Å². The Kier molecular flexibility index (Phi) is 4.07. The molecule has 1 aliphatic heterocycles. The van der Waals surface area contributed by atoms with E-state index in [2.05, 4.69) is 25.7 Å². The molecule has 0 saturated carbocycles. The molecule has 1 heterocycles. The van der Waals surface area contributed by atoms with Gasteiger partial charge in [0.2, 0.25) is 0 Å². The van der Waals surface area contributed by atoms with Crippen LogP contribution in [0.15, 0.2) is 0 Å². The zero-order valence-electron chi connectivity index (χ0n) is 8.77. The van der Waals surface area contributed by atoms with Crippen LogP contribution in [0.1, 0.15) is 40.0 Å². The SMILES string of the molecule is CCC1CCN(C[C](C)C)CC1. The van der Waals surface area contributed by atoms with Gasteiger partial charge >= 0.3 is 0 Å². The van der Waals surface area contributed by atoms with E-state index >= 15 is 0 Å². The highest BCUT2D eigenvalue weighted by molar-refractivity contribution is 4.84. The molecule has 0 bridgehead atoms. The van der Waals surface area contributed by atoms with Crippen molar-refractivity contribution in [3.63, 3.8) is 0 Å². The van der Waals surface area contributed by atoms with Gasteiger partial charge in [-0.05, 0) is 37.8 Å². The zero-order chi connectivity index (χ0) is 8.97. The van der Waals surface area contributed by atoms with Gasteiger partial charge in [-0.15, -0.1) is 0 Å². The normalized spacial score (nSPS) is 22.0. The predicted octanol–water partition coefficient (Wildman–Crippen LogP) is 2.72. The minimum atomic E-state index is 1.01. The quantitative estimate of drug-likeness (QED) is 0.626. The molecule has 0 aliphatic carbocycles. The highest BCUT2D eigenvalue weighted by atomic mass is 15.1. The van der Waals surface area contributed by atoms with Gasteiger partial charge in [-0.2, -0.15) is 0 Å². The molecule has 0 unspecified atom stereocenters. The highest BCUT2D eigenvalue weighted by Crippen LogP contribution is 2.20. The van der Waals surface area contributed by atoms with E-state index in [-0.39, 0.29) is 0 Å². The number of hydrogen-bond donors (Lipinski definition) is 0. The number of rotatable bonds is 3. The molecule has 1 rings (SSSR count). The molecule has 1 heteroatoms. The van der Waals surface area contributed by atoms with Crippen molar-refractivity contribution in [2.45, 2.75) is 40.0 Å². The monoisotopic (exact) mass is 168 g/mol. The van der Waals surface area contributed by atoms with Gasteiger partial charge in [-0.1, -0.05) is 27.2 Å². The molecule has 1 nitrogen and oxygen atoms in total. The lowest BCUT2D eigenvalue weighted by Gasteiger charge is -2.32. The van der Waals surface area contributed by atoms with Crippen LogP contribution >= 0.6 is 0 Å². The lowest BCUT2D eigenvalue weighted by Crippen LogP contribution is -2.35. The Morgan fingerprint density at radius 3 is 2.25 bits per heavy atom. The highest BCUT2D eigenvalue weighted by Gasteiger charge is 2.17. The van der Waals surface area contributed by atoms with E-state index in [9.17, 15) is 0 Å². The number of likely N-dealkylation sites (tertiary alicyclic amines) is 1. The summed E-state index contributed by atoms with van der Waals surface area (Å²) >= 11 is 0. The second-order valence-electron chi connectivity index (χ2n) is 4.33. The molecule has 0 amide bonds. The maximum Gasteiger partial charge on any atom is 0.00383 e. The van der Waals surface area contributed by atoms with Crippen LogP contribution in [0.5, 0.6) is 0 Å². The molecule has 1 aliphatic rings. The van der Waals surface area contributed by atoms with E-state index in [0.717, 1.165) is 5.92 Å². The van der Waals surface area contributed by atoms with Gasteiger partial charge in [-0.25, -0.2) is 0 Å². The largest absolute Gasteiger partial charge is 0.303 e. The van der Waals surface area contributed by atoms with Crippen molar-refractivity contribution in [1.29, 1.82) is 0 Å². The minimum Gasteiger partial charge on any atom is -0.303 e. The summed E-state index contributed by atoms with van der Waals surface area (Å²) in [6, 6.07) is 0. The van der Waals surface area contributed by atoms with E-state index in [1.165, 1.54) is 38.9 Å². The van der Waals surface area contributed by atoms with Gasteiger partial charge in [0.1, 0.15) is 0 Å². The fraction of sp³-hybridized carbons (Fsp3) is 0.909. The number of nitrogens with zero attached hydrogens (tertiary/aromatic N) is 1. The molecular formula is C11H22N. The summed E-state index contributed by atoms with van der Waals surface area (Å²) in [5.41, 5.74) is 0. The van der Waals surface area contributed by atoms with E-state index < -0.39 is 0 Å². The van der Waals surface area contributed by atoms with Crippen LogP contribution in [-0.4, -0.2) is 24.5 Å². The summed E-state index contributed by atoms with van der Waals surface area (Å²) in [7, 11) is 0. The minimum absolute atomic E-state index is 1.01. The van der Waals surface area contributed by atoms with Crippen molar-refractivity contribution < 1.29 is 0 Å². The average molecular weight is 168 g/mol. The van der Waals surface area contributed by atoms with Crippen molar-refractivity contribution in [2.24, 2.45) is 5.92 Å². The van der Waals surface area contributed by atoms with Crippen molar-refractivity contribution >= 4 is 0 Å². The summed E-state index contributed by atoms with van der Waals surface area (Å²) in [4.78, 5) is 2.58. The maximum atomic E-state index is 2.58. The van der Waals surface area contributed by atoms with Gasteiger partial charge in [-0.3, -0.25) is 0 Å². The molecule has 0 aromatic rings. The van der Waals surface area contributed by atoms with Crippen LogP contribution < -0.4 is 0 Å². The van der Waals surface area contributed by atoms with Crippen LogP contribution in [0, 0.1) is 11.8 Å². The standard InChI is InChI=1S/C11H22N/c1-4-11-5-7-12(8-6-11)9-10(2)3/h11H,4-9H2,1-3H3. The third-order valence-corrected chi connectivity index (χ3v) is 2.82. The Balaban J connectivity index is 2.17. The number of hydrogen-bond acceptors (Lipinski definition) is 1. The first-order valence-corrected chi connectivity index (χ1v) is 5.23. The Morgan fingerprint density at radius 2 is 1.83 bits per heavy atom. The average Bonchev–Trinajstić information content (AvgIpc) is 2.05. The Labute approximate surface area is 77.1 Å². The third kappa shape index (κ3) is 3.14. The second kappa shape index (κ2) is 4.86. The van der Waals surface area contributed by atoms with E-state index in [1.807, 2.05) is 0 Å². The van der Waals surface area contributed by atoms with Gasteiger partial charge < -0.3 is 4.90 Å². The smallest absolute Gasteiger partial charge is 0.00383 e. The predicted molar refractivity (Wildman–Crippen MR) is 54.0 cm³/mol. The first-order valence-electron chi connectivity index (χ1n) is 5.23. The summed E-state index contributed by atoms with van der Waals surface area (Å²) < 4.78 is 0. The van der Waals surface area contributed by atoms with E-state index in [0.29, 0.717) is 0 Å². The van der Waals surface area contributed by atoms with Crippen LogP contribution in [-0.2, 0) is 0 Å². The van der Waals surface area contributed by atoms with Crippen LogP contribution in [0.25, 0.3) is 0 Å². The van der Waals surface area contributed by atoms with Gasteiger partial charge in [0, 0.05) is 6.54 Å². The van der Waals surface area contributed by atoms with Gasteiger partial charge in [0.25, 0.3) is 0 Å². The first kappa shape index (κ1) is 10.0. The summed E-state index contributed by atoms with van der Waals surface area (Å²) in [6.07, 6.45) is 4.22. The molecule has 1 radical (unpaired) electrons. The number of piperidine rings is 1. The fourth-order valence-electron chi connectivity index (χ4n) is 2.00. The second-order valence-corrected chi connectivity index (χ2v) is 4.33. The lowest BCUT2D eigenvalue weighted by atomic mass is 9.94. The Bertz CT molecular complexity index is 112. The van der Waals surface area contributed by atoms with Crippen molar-refractivity contribution in [2.75, 3.05) is 19.6 Å². The molecule has 1 saturated heterocycles. The Hall–Kier alpha value is -0.0400. The molecule has 0 N–H and O–H groups in total. The van der Waals surface area contributed by atoms with E-state index in [4.69, 9.17) is 0 Å². The Morgan fingerprint density at radius 1 is 1.25 bits per heavy atom. The summed E-state index contributed by atoms with van der Waals surface area (Å²) in [5.74, 6) is 2.56. The van der Waals surface area contributed by atoms with Gasteiger partial charge in [0.15, 0.2) is 0 Å². The van der Waals surface area contributed by atoms with Crippen LogP contribution in [0.3, 0.4) is 0 Å². The van der Waals surface area contributed by atoms with Crippen molar-refractivity contribution in [3.05, 3.63) is 5.92 Å². The van der Waals surface area contributed by atoms with E-state index in [1.54, 1.807) is 5.92 Å². The third-order valence-electron chi connectivity index (χ3n) is 2.82. The van der Waals surface area contributed by atoms with Crippen molar-refractivity contribution in [3.8, 4) is 0 Å². The topological polar surface area (TPSA) is 3.24 Å². The molecule has 0 spiro atoms. The van der Waals surface area contributed by atoms with Crippen LogP contribution in [0.2, 0.25) is 0 Å². The zero-order valence-corrected chi connectivity index (χ0v) is 8.77. The molecule has 1 fully saturated rings. The molecular weight excluding hydrogens is 146 g/mol. The van der Waals surface area contributed by atoms with Crippen molar-refractivity contribution in [1.82, 2.24) is 4.90 Å². The summed E-state index contributed by atoms with van der Waals surface area (Å²) in [5, 5.41) is 0. The summed E-state index contributed by atoms with van der Waals surface area (Å²) in [6.45, 7) is 10.6. The first-order chi connectivity index (χ1) is 5.72. The molecule has 0 aromatic heterocycles. The maximum absolute atomic E-state index is 2.58. The molecule has 0 atom stereocenters. The molecule has 12 heavy (non-hydrogen) atoms.